The molecule has 1 fully saturated rings. The van der Waals surface area contributed by atoms with Crippen LogP contribution in [0.4, 0.5) is 0 Å². The third-order valence-electron chi connectivity index (χ3n) is 5.25. The minimum absolute atomic E-state index is 0.000901. The summed E-state index contributed by atoms with van der Waals surface area (Å²) in [7, 11) is 1.58. The highest BCUT2D eigenvalue weighted by atomic mass is 16.5. The van der Waals surface area contributed by atoms with Crippen molar-refractivity contribution < 1.29 is 9.53 Å². The number of nitrogens with zero attached hydrogens (tertiary/aromatic N) is 3. The van der Waals surface area contributed by atoms with Gasteiger partial charge in [-0.3, -0.25) is 9.59 Å². The van der Waals surface area contributed by atoms with Crippen molar-refractivity contribution in [1.82, 2.24) is 14.7 Å². The van der Waals surface area contributed by atoms with E-state index in [0.29, 0.717) is 29.6 Å². The van der Waals surface area contributed by atoms with E-state index in [9.17, 15) is 9.59 Å². The number of fused-ring (bicyclic) bond motifs is 1. The Kier molecular flexibility index (Phi) is 4.86. The van der Waals surface area contributed by atoms with E-state index in [0.717, 1.165) is 24.2 Å². The van der Waals surface area contributed by atoms with Gasteiger partial charge < -0.3 is 9.64 Å². The van der Waals surface area contributed by atoms with Gasteiger partial charge in [0, 0.05) is 19.0 Å². The average molecular weight is 377 g/mol. The average Bonchev–Trinajstić information content (AvgIpc) is 3.21. The lowest BCUT2D eigenvalue weighted by Gasteiger charge is -2.25. The molecule has 4 rings (SSSR count). The fourth-order valence-corrected chi connectivity index (χ4v) is 3.90. The summed E-state index contributed by atoms with van der Waals surface area (Å²) < 4.78 is 6.76. The fraction of sp³-hybridized carbons (Fsp3) is 0.318. The molecule has 1 aliphatic heterocycles. The van der Waals surface area contributed by atoms with Gasteiger partial charge in [-0.1, -0.05) is 30.3 Å². The van der Waals surface area contributed by atoms with E-state index < -0.39 is 0 Å². The molecule has 0 bridgehead atoms. The summed E-state index contributed by atoms with van der Waals surface area (Å²) in [6, 6.07) is 15.1. The van der Waals surface area contributed by atoms with Crippen molar-refractivity contribution in [3.05, 3.63) is 70.1 Å². The van der Waals surface area contributed by atoms with E-state index in [1.165, 1.54) is 4.68 Å². The second kappa shape index (κ2) is 7.46. The largest absolute Gasteiger partial charge is 0.494 e. The van der Waals surface area contributed by atoms with E-state index in [1.54, 1.807) is 25.2 Å². The van der Waals surface area contributed by atoms with Gasteiger partial charge in [-0.15, -0.1) is 0 Å². The number of hydrogen-bond donors (Lipinski definition) is 0. The Hall–Kier alpha value is -3.15. The Morgan fingerprint density at radius 3 is 2.57 bits per heavy atom. The number of benzene rings is 2. The van der Waals surface area contributed by atoms with Crippen molar-refractivity contribution in [2.45, 2.75) is 25.8 Å². The van der Waals surface area contributed by atoms with Crippen LogP contribution < -0.4 is 10.3 Å². The first-order chi connectivity index (χ1) is 13.6. The Balaban J connectivity index is 1.70. The van der Waals surface area contributed by atoms with Gasteiger partial charge in [0.05, 0.1) is 18.0 Å². The maximum Gasteiger partial charge on any atom is 0.275 e. The van der Waals surface area contributed by atoms with Crippen LogP contribution in [0.5, 0.6) is 5.75 Å². The highest BCUT2D eigenvalue weighted by molar-refractivity contribution is 6.05. The molecule has 1 aromatic heterocycles. The zero-order chi connectivity index (χ0) is 19.7. The summed E-state index contributed by atoms with van der Waals surface area (Å²) in [4.78, 5) is 27.6. The van der Waals surface area contributed by atoms with Crippen LogP contribution in [0.15, 0.2) is 53.3 Å². The smallest absolute Gasteiger partial charge is 0.275 e. The summed E-state index contributed by atoms with van der Waals surface area (Å²) in [5.41, 5.74) is 1.22. The molecule has 6 heteroatoms. The molecule has 0 aliphatic carbocycles. The van der Waals surface area contributed by atoms with Gasteiger partial charge in [-0.05, 0) is 43.5 Å². The first kappa shape index (κ1) is 18.2. The molecule has 1 atom stereocenters. The predicted octanol–water partition coefficient (Wildman–Crippen LogP) is 3.31. The van der Waals surface area contributed by atoms with E-state index in [-0.39, 0.29) is 17.5 Å². The predicted molar refractivity (Wildman–Crippen MR) is 108 cm³/mol. The Labute approximate surface area is 163 Å². The monoisotopic (exact) mass is 377 g/mol. The number of amides is 1. The highest BCUT2D eigenvalue weighted by Crippen LogP contribution is 2.34. The zero-order valence-corrected chi connectivity index (χ0v) is 16.1. The second-order valence-corrected chi connectivity index (χ2v) is 6.98. The van der Waals surface area contributed by atoms with Crippen molar-refractivity contribution in [1.29, 1.82) is 0 Å². The van der Waals surface area contributed by atoms with E-state index in [2.05, 4.69) is 5.10 Å². The molecular weight excluding hydrogens is 354 g/mol. The summed E-state index contributed by atoms with van der Waals surface area (Å²) >= 11 is 0. The normalized spacial score (nSPS) is 16.5. The third-order valence-corrected chi connectivity index (χ3v) is 5.25. The summed E-state index contributed by atoms with van der Waals surface area (Å²) in [5, 5.41) is 5.42. The topological polar surface area (TPSA) is 64.4 Å². The minimum Gasteiger partial charge on any atom is -0.494 e. The first-order valence-corrected chi connectivity index (χ1v) is 9.60. The van der Waals surface area contributed by atoms with Crippen molar-refractivity contribution >= 4 is 16.7 Å². The van der Waals surface area contributed by atoms with Crippen LogP contribution in [-0.2, 0) is 7.05 Å². The first-order valence-electron chi connectivity index (χ1n) is 9.60. The maximum absolute atomic E-state index is 13.4. The van der Waals surface area contributed by atoms with Crippen LogP contribution in [0.2, 0.25) is 0 Å². The summed E-state index contributed by atoms with van der Waals surface area (Å²) in [5.74, 6) is 0.691. The Morgan fingerprint density at radius 1 is 1.14 bits per heavy atom. The lowest BCUT2D eigenvalue weighted by atomic mass is 10.0. The van der Waals surface area contributed by atoms with Crippen LogP contribution in [0.3, 0.4) is 0 Å². The second-order valence-electron chi connectivity index (χ2n) is 6.98. The number of likely N-dealkylation sites (tertiary alicyclic amines) is 1. The molecule has 0 unspecified atom stereocenters. The van der Waals surface area contributed by atoms with Gasteiger partial charge in [0.2, 0.25) is 0 Å². The van der Waals surface area contributed by atoms with Gasteiger partial charge in [-0.25, -0.2) is 4.68 Å². The van der Waals surface area contributed by atoms with Gasteiger partial charge in [0.1, 0.15) is 5.75 Å². The molecule has 1 amide bonds. The maximum atomic E-state index is 13.4. The van der Waals surface area contributed by atoms with Crippen molar-refractivity contribution in [2.24, 2.45) is 7.05 Å². The molecule has 1 saturated heterocycles. The van der Waals surface area contributed by atoms with E-state index in [4.69, 9.17) is 4.74 Å². The van der Waals surface area contributed by atoms with Gasteiger partial charge in [0.15, 0.2) is 5.69 Å². The number of hydrogen-bond acceptors (Lipinski definition) is 4. The third kappa shape index (κ3) is 3.15. The van der Waals surface area contributed by atoms with E-state index in [1.807, 2.05) is 42.2 Å². The molecule has 0 N–H and O–H groups in total. The molecule has 144 valence electrons. The molecular formula is C22H23N3O3. The van der Waals surface area contributed by atoms with Crippen LogP contribution >= 0.6 is 0 Å². The number of ether oxygens (including phenoxy) is 1. The summed E-state index contributed by atoms with van der Waals surface area (Å²) in [6.45, 7) is 3.25. The number of carbonyl (C=O) groups is 1. The zero-order valence-electron chi connectivity index (χ0n) is 16.1. The van der Waals surface area contributed by atoms with Crippen LogP contribution in [0, 0.1) is 0 Å². The molecule has 2 aromatic carbocycles. The SMILES string of the molecule is CCOc1ccc([C@@H]2CCCN2C(=O)c2nn(C)c(=O)c3ccccc23)cc1. The molecule has 2 heterocycles. The van der Waals surface area contributed by atoms with Crippen LogP contribution in [0.25, 0.3) is 10.8 Å². The van der Waals surface area contributed by atoms with E-state index >= 15 is 0 Å². The number of aryl methyl sites for hydroxylation is 1. The van der Waals surface area contributed by atoms with Crippen LogP contribution in [0.1, 0.15) is 41.9 Å². The molecule has 0 radical (unpaired) electrons. The molecule has 1 aliphatic rings. The Bertz CT molecular complexity index is 1070. The van der Waals surface area contributed by atoms with Gasteiger partial charge in [-0.2, -0.15) is 5.10 Å². The molecule has 28 heavy (non-hydrogen) atoms. The minimum atomic E-state index is -0.198. The molecule has 6 nitrogen and oxygen atoms in total. The fourth-order valence-electron chi connectivity index (χ4n) is 3.90. The molecule has 3 aromatic rings. The Morgan fingerprint density at radius 2 is 1.86 bits per heavy atom. The van der Waals surface area contributed by atoms with Crippen molar-refractivity contribution in [3.8, 4) is 5.75 Å². The lowest BCUT2D eigenvalue weighted by Crippen LogP contribution is -2.33. The molecule has 0 saturated carbocycles. The molecule has 0 spiro atoms. The standard InChI is InChI=1S/C22H23N3O3/c1-3-28-16-12-10-15(11-13-16)19-9-6-14-25(19)22(27)20-17-7-4-5-8-18(17)21(26)24(2)23-20/h4-5,7-8,10-13,19H,3,6,9,14H2,1-2H3/t19-/m0/s1. The number of rotatable bonds is 4. The van der Waals surface area contributed by atoms with Gasteiger partial charge in [0.25, 0.3) is 11.5 Å². The number of aromatic nitrogens is 2. The highest BCUT2D eigenvalue weighted by Gasteiger charge is 2.32. The lowest BCUT2D eigenvalue weighted by molar-refractivity contribution is 0.0729. The summed E-state index contributed by atoms with van der Waals surface area (Å²) in [6.07, 6.45) is 1.84. The van der Waals surface area contributed by atoms with Gasteiger partial charge >= 0.3 is 0 Å². The van der Waals surface area contributed by atoms with Crippen LogP contribution in [-0.4, -0.2) is 33.7 Å². The van der Waals surface area contributed by atoms with Crippen molar-refractivity contribution in [3.63, 3.8) is 0 Å². The quantitative estimate of drug-likeness (QED) is 0.700. The number of carbonyl (C=O) groups excluding carboxylic acids is 1. The van der Waals surface area contributed by atoms with Crippen molar-refractivity contribution in [2.75, 3.05) is 13.2 Å².